The average Bonchev–Trinajstić information content (AvgIpc) is 2.82. The van der Waals surface area contributed by atoms with E-state index in [9.17, 15) is 14.3 Å². The number of hydrogen-bond donors (Lipinski definition) is 3. The molecule has 1 aromatic carbocycles. The molecule has 2 unspecified atom stereocenters. The molecule has 6 heteroatoms. The van der Waals surface area contributed by atoms with Crippen LogP contribution < -0.4 is 5.32 Å². The molecule has 1 saturated heterocycles. The van der Waals surface area contributed by atoms with E-state index in [2.05, 4.69) is 5.32 Å². The molecule has 1 heterocycles. The van der Waals surface area contributed by atoms with Gasteiger partial charge >= 0.3 is 5.97 Å². The second-order valence-corrected chi connectivity index (χ2v) is 5.47. The fraction of sp³-hybridized carbons (Fsp3) is 0.500. The van der Waals surface area contributed by atoms with Crippen molar-refractivity contribution in [1.82, 2.24) is 10.2 Å². The maximum absolute atomic E-state index is 13.7. The number of carboxylic acid groups (broad SMARTS) is 1. The van der Waals surface area contributed by atoms with Gasteiger partial charge in [-0.3, -0.25) is 4.79 Å². The first-order valence-corrected chi connectivity index (χ1v) is 6.50. The maximum Gasteiger partial charge on any atom is 0.307 e. The number of phenolic OH excluding ortho intramolecular Hbond substituents is 1. The Labute approximate surface area is 117 Å². The Bertz CT molecular complexity index is 519. The summed E-state index contributed by atoms with van der Waals surface area (Å²) in [4.78, 5) is 12.8. The molecule has 0 radical (unpaired) electrons. The van der Waals surface area contributed by atoms with Gasteiger partial charge in [0.05, 0.1) is 5.92 Å². The molecule has 0 spiro atoms. The highest BCUT2D eigenvalue weighted by atomic mass is 19.1. The van der Waals surface area contributed by atoms with Crippen LogP contribution in [0.1, 0.15) is 23.6 Å². The summed E-state index contributed by atoms with van der Waals surface area (Å²) in [5.41, 5.74) is 0.941. The van der Waals surface area contributed by atoms with Crippen LogP contribution in [-0.2, 0) is 11.3 Å². The third-order valence-electron chi connectivity index (χ3n) is 3.53. The smallest absolute Gasteiger partial charge is 0.307 e. The van der Waals surface area contributed by atoms with E-state index in [1.54, 1.807) is 0 Å². The Balaban J connectivity index is 2.28. The number of carboxylic acids is 1. The van der Waals surface area contributed by atoms with Crippen molar-refractivity contribution in [3.05, 3.63) is 29.1 Å². The van der Waals surface area contributed by atoms with Gasteiger partial charge in [-0.2, -0.15) is 0 Å². The minimum atomic E-state index is -0.871. The van der Waals surface area contributed by atoms with Crippen LogP contribution in [0.2, 0.25) is 0 Å². The van der Waals surface area contributed by atoms with Crippen molar-refractivity contribution in [3.8, 4) is 5.75 Å². The fourth-order valence-corrected chi connectivity index (χ4v) is 2.57. The van der Waals surface area contributed by atoms with E-state index in [-0.39, 0.29) is 11.8 Å². The maximum atomic E-state index is 13.7. The molecule has 20 heavy (non-hydrogen) atoms. The van der Waals surface area contributed by atoms with Crippen molar-refractivity contribution in [3.63, 3.8) is 0 Å². The lowest BCUT2D eigenvalue weighted by atomic mass is 9.97. The summed E-state index contributed by atoms with van der Waals surface area (Å²) in [6.07, 6.45) is 0.355. The Morgan fingerprint density at radius 2 is 2.20 bits per heavy atom. The second-order valence-electron chi connectivity index (χ2n) is 5.47. The van der Waals surface area contributed by atoms with Gasteiger partial charge in [0, 0.05) is 30.3 Å². The van der Waals surface area contributed by atoms with Crippen molar-refractivity contribution in [1.29, 1.82) is 0 Å². The molecule has 2 rings (SSSR count). The molecule has 1 aliphatic heterocycles. The van der Waals surface area contributed by atoms with Gasteiger partial charge in [-0.25, -0.2) is 4.39 Å². The van der Waals surface area contributed by atoms with Crippen LogP contribution >= 0.6 is 0 Å². The summed E-state index contributed by atoms with van der Waals surface area (Å²) in [5.74, 6) is -1.75. The number of benzene rings is 1. The Morgan fingerprint density at radius 3 is 2.75 bits per heavy atom. The van der Waals surface area contributed by atoms with Crippen LogP contribution in [-0.4, -0.2) is 41.7 Å². The zero-order valence-electron chi connectivity index (χ0n) is 11.6. The third kappa shape index (κ3) is 3.08. The molecule has 0 amide bonds. The van der Waals surface area contributed by atoms with Gasteiger partial charge in [0.15, 0.2) is 0 Å². The molecule has 1 aromatic rings. The van der Waals surface area contributed by atoms with Crippen LogP contribution in [0, 0.1) is 11.7 Å². The third-order valence-corrected chi connectivity index (χ3v) is 3.53. The lowest BCUT2D eigenvalue weighted by Crippen LogP contribution is -2.18. The number of nitrogens with one attached hydrogen (secondary N) is 1. The quantitative estimate of drug-likeness (QED) is 0.777. The SMILES string of the molecule is CN(C)Cc1cc(F)cc(C2CC(C(=O)O)CN2)c1O. The lowest BCUT2D eigenvalue weighted by Gasteiger charge is -2.18. The van der Waals surface area contributed by atoms with Crippen molar-refractivity contribution < 1.29 is 19.4 Å². The predicted molar refractivity (Wildman–Crippen MR) is 71.9 cm³/mol. The first-order valence-electron chi connectivity index (χ1n) is 6.50. The molecule has 0 aromatic heterocycles. The van der Waals surface area contributed by atoms with Gasteiger partial charge in [0.2, 0.25) is 0 Å². The van der Waals surface area contributed by atoms with Crippen molar-refractivity contribution >= 4 is 5.97 Å². The summed E-state index contributed by atoms with van der Waals surface area (Å²) >= 11 is 0. The molecular formula is C14H19FN2O3. The normalized spacial score (nSPS) is 22.4. The minimum absolute atomic E-state index is 0.0450. The van der Waals surface area contributed by atoms with Crippen molar-refractivity contribution in [2.75, 3.05) is 20.6 Å². The number of carbonyl (C=O) groups is 1. The molecular weight excluding hydrogens is 263 g/mol. The number of phenols is 1. The van der Waals surface area contributed by atoms with Crippen LogP contribution in [0.4, 0.5) is 4.39 Å². The predicted octanol–water partition coefficient (Wildman–Crippen LogP) is 1.33. The molecule has 1 fully saturated rings. The first kappa shape index (κ1) is 14.7. The molecule has 3 N–H and O–H groups in total. The minimum Gasteiger partial charge on any atom is -0.507 e. The van der Waals surface area contributed by atoms with E-state index in [1.807, 2.05) is 19.0 Å². The van der Waals surface area contributed by atoms with E-state index >= 15 is 0 Å². The molecule has 0 saturated carbocycles. The number of rotatable bonds is 4. The van der Waals surface area contributed by atoms with E-state index in [0.29, 0.717) is 30.6 Å². The van der Waals surface area contributed by atoms with Gasteiger partial charge in [-0.05, 0) is 32.6 Å². The van der Waals surface area contributed by atoms with Crippen LogP contribution in [0.15, 0.2) is 12.1 Å². The summed E-state index contributed by atoms with van der Waals surface area (Å²) in [5, 5.41) is 22.3. The Morgan fingerprint density at radius 1 is 1.50 bits per heavy atom. The molecule has 5 nitrogen and oxygen atoms in total. The zero-order valence-corrected chi connectivity index (χ0v) is 11.6. The number of halogens is 1. The highest BCUT2D eigenvalue weighted by molar-refractivity contribution is 5.71. The first-order chi connectivity index (χ1) is 9.38. The Hall–Kier alpha value is -1.66. The van der Waals surface area contributed by atoms with Gasteiger partial charge in [0.1, 0.15) is 11.6 Å². The monoisotopic (exact) mass is 282 g/mol. The summed E-state index contributed by atoms with van der Waals surface area (Å²) in [7, 11) is 3.66. The summed E-state index contributed by atoms with van der Waals surface area (Å²) < 4.78 is 13.7. The number of hydrogen-bond acceptors (Lipinski definition) is 4. The highest BCUT2D eigenvalue weighted by Crippen LogP contribution is 2.35. The Kier molecular flexibility index (Phi) is 4.25. The molecule has 110 valence electrons. The number of nitrogens with zero attached hydrogens (tertiary/aromatic N) is 1. The van der Waals surface area contributed by atoms with E-state index in [1.165, 1.54) is 12.1 Å². The fourth-order valence-electron chi connectivity index (χ4n) is 2.57. The standard InChI is InChI=1S/C14H19FN2O3/c1-17(2)7-9-3-10(15)5-11(13(9)18)12-4-8(6-16-12)14(19)20/h3,5,8,12,16,18H,4,6-7H2,1-2H3,(H,19,20). The van der Waals surface area contributed by atoms with Crippen LogP contribution in [0.25, 0.3) is 0 Å². The number of aromatic hydroxyl groups is 1. The molecule has 1 aliphatic rings. The van der Waals surface area contributed by atoms with Gasteiger partial charge in [0.25, 0.3) is 0 Å². The molecule has 2 atom stereocenters. The van der Waals surface area contributed by atoms with Gasteiger partial charge in [-0.1, -0.05) is 0 Å². The molecule has 0 bridgehead atoms. The average molecular weight is 282 g/mol. The largest absolute Gasteiger partial charge is 0.507 e. The number of aliphatic carboxylic acids is 1. The van der Waals surface area contributed by atoms with Gasteiger partial charge in [-0.15, -0.1) is 0 Å². The second kappa shape index (κ2) is 5.76. The van der Waals surface area contributed by atoms with E-state index < -0.39 is 17.7 Å². The van der Waals surface area contributed by atoms with Crippen LogP contribution in [0.5, 0.6) is 5.75 Å². The highest BCUT2D eigenvalue weighted by Gasteiger charge is 2.32. The summed E-state index contributed by atoms with van der Waals surface area (Å²) in [6.45, 7) is 0.755. The zero-order chi connectivity index (χ0) is 14.9. The molecule has 0 aliphatic carbocycles. The van der Waals surface area contributed by atoms with Crippen molar-refractivity contribution in [2.45, 2.75) is 19.0 Å². The topological polar surface area (TPSA) is 72.8 Å². The van der Waals surface area contributed by atoms with Crippen LogP contribution in [0.3, 0.4) is 0 Å². The van der Waals surface area contributed by atoms with E-state index in [0.717, 1.165) is 0 Å². The van der Waals surface area contributed by atoms with Gasteiger partial charge < -0.3 is 20.4 Å². The lowest BCUT2D eigenvalue weighted by molar-refractivity contribution is -0.141. The van der Waals surface area contributed by atoms with E-state index in [4.69, 9.17) is 5.11 Å². The van der Waals surface area contributed by atoms with Crippen molar-refractivity contribution in [2.24, 2.45) is 5.92 Å². The summed E-state index contributed by atoms with van der Waals surface area (Å²) in [6, 6.07) is 2.26.